The average Bonchev–Trinajstić information content (AvgIpc) is 2.78. The summed E-state index contributed by atoms with van der Waals surface area (Å²) < 4.78 is 0.744. The average molecular weight is 351 g/mol. The van der Waals surface area contributed by atoms with Gasteiger partial charge in [0.1, 0.15) is 6.29 Å². The summed E-state index contributed by atoms with van der Waals surface area (Å²) >= 11 is 9.60. The third-order valence-electron chi connectivity index (χ3n) is 3.29. The molecule has 0 atom stereocenters. The number of rotatable bonds is 2. The maximum absolute atomic E-state index is 12.4. The molecular formula is C15H9BrClNO2. The summed E-state index contributed by atoms with van der Waals surface area (Å²) in [4.78, 5) is 24.9. The molecule has 0 fully saturated rings. The van der Waals surface area contributed by atoms with Crippen LogP contribution in [0.15, 0.2) is 40.9 Å². The van der Waals surface area contributed by atoms with Crippen molar-refractivity contribution in [3.05, 3.63) is 62.6 Å². The van der Waals surface area contributed by atoms with Crippen LogP contribution in [0.4, 0.5) is 5.69 Å². The summed E-state index contributed by atoms with van der Waals surface area (Å²) in [6, 6.07) is 10.5. The second-order valence-corrected chi connectivity index (χ2v) is 5.73. The molecule has 0 N–H and O–H groups in total. The standard InChI is InChI=1S/C15H9BrClNO2/c16-12-2-1-3-13(14(12)17)18-7-10-6-9(8-19)4-5-11(10)15(18)20/h1-6,8H,7H2. The molecular weight excluding hydrogens is 342 g/mol. The topological polar surface area (TPSA) is 37.4 Å². The molecule has 3 rings (SSSR count). The molecule has 2 aromatic carbocycles. The number of benzene rings is 2. The van der Waals surface area contributed by atoms with E-state index in [0.717, 1.165) is 16.3 Å². The molecule has 1 heterocycles. The van der Waals surface area contributed by atoms with Gasteiger partial charge in [0.25, 0.3) is 5.91 Å². The second kappa shape index (κ2) is 5.04. The molecule has 0 radical (unpaired) electrons. The van der Waals surface area contributed by atoms with Gasteiger partial charge in [-0.15, -0.1) is 0 Å². The lowest BCUT2D eigenvalue weighted by Gasteiger charge is -2.17. The normalized spacial score (nSPS) is 13.5. The highest BCUT2D eigenvalue weighted by Crippen LogP contribution is 2.37. The first kappa shape index (κ1) is 13.3. The molecule has 2 aromatic rings. The lowest BCUT2D eigenvalue weighted by molar-refractivity contribution is 0.0996. The summed E-state index contributed by atoms with van der Waals surface area (Å²) in [5.41, 5.74) is 2.69. The van der Waals surface area contributed by atoms with Gasteiger partial charge in [-0.3, -0.25) is 9.59 Å². The number of hydrogen-bond acceptors (Lipinski definition) is 2. The third kappa shape index (κ3) is 2.05. The van der Waals surface area contributed by atoms with Crippen molar-refractivity contribution >= 4 is 45.4 Å². The number of carbonyl (C=O) groups is 2. The van der Waals surface area contributed by atoms with Crippen molar-refractivity contribution in [3.63, 3.8) is 0 Å². The Balaban J connectivity index is 2.05. The van der Waals surface area contributed by atoms with Gasteiger partial charge in [0.05, 0.1) is 17.3 Å². The Morgan fingerprint density at radius 1 is 1.25 bits per heavy atom. The van der Waals surface area contributed by atoms with Gasteiger partial charge in [-0.05, 0) is 45.8 Å². The molecule has 0 aromatic heterocycles. The molecule has 5 heteroatoms. The number of fused-ring (bicyclic) bond motifs is 1. The first-order valence-corrected chi connectivity index (χ1v) is 7.13. The molecule has 20 heavy (non-hydrogen) atoms. The third-order valence-corrected chi connectivity index (χ3v) is 4.58. The van der Waals surface area contributed by atoms with E-state index in [1.807, 2.05) is 12.1 Å². The minimum absolute atomic E-state index is 0.0996. The Morgan fingerprint density at radius 2 is 2.05 bits per heavy atom. The Hall–Kier alpha value is -1.65. The zero-order valence-corrected chi connectivity index (χ0v) is 12.6. The summed E-state index contributed by atoms with van der Waals surface area (Å²) in [5.74, 6) is -0.0996. The van der Waals surface area contributed by atoms with E-state index in [1.54, 1.807) is 29.2 Å². The summed E-state index contributed by atoms with van der Waals surface area (Å²) in [6.07, 6.45) is 0.777. The lowest BCUT2D eigenvalue weighted by atomic mass is 10.1. The van der Waals surface area contributed by atoms with Crippen molar-refractivity contribution < 1.29 is 9.59 Å². The maximum atomic E-state index is 12.4. The van der Waals surface area contributed by atoms with Gasteiger partial charge in [0, 0.05) is 15.6 Å². The van der Waals surface area contributed by atoms with Crippen molar-refractivity contribution in [1.29, 1.82) is 0 Å². The Morgan fingerprint density at radius 3 is 2.80 bits per heavy atom. The molecule has 1 aliphatic rings. The monoisotopic (exact) mass is 349 g/mol. The summed E-state index contributed by atoms with van der Waals surface area (Å²) in [5, 5.41) is 0.504. The predicted octanol–water partition coefficient (Wildman–Crippen LogP) is 4.08. The highest BCUT2D eigenvalue weighted by atomic mass is 79.9. The second-order valence-electron chi connectivity index (χ2n) is 4.50. The summed E-state index contributed by atoms with van der Waals surface area (Å²) in [7, 11) is 0. The van der Waals surface area contributed by atoms with E-state index in [-0.39, 0.29) is 5.91 Å². The molecule has 0 spiro atoms. The molecule has 0 aliphatic carbocycles. The van der Waals surface area contributed by atoms with Crippen LogP contribution in [0.25, 0.3) is 0 Å². The van der Waals surface area contributed by atoms with Crippen LogP contribution in [0.1, 0.15) is 26.3 Å². The Labute approximate surface area is 129 Å². The molecule has 0 bridgehead atoms. The van der Waals surface area contributed by atoms with E-state index in [4.69, 9.17) is 11.6 Å². The van der Waals surface area contributed by atoms with Crippen LogP contribution in [0.2, 0.25) is 5.02 Å². The van der Waals surface area contributed by atoms with E-state index in [9.17, 15) is 9.59 Å². The number of halogens is 2. The van der Waals surface area contributed by atoms with Gasteiger partial charge in [0.15, 0.2) is 0 Å². The van der Waals surface area contributed by atoms with Gasteiger partial charge in [-0.2, -0.15) is 0 Å². The molecule has 3 nitrogen and oxygen atoms in total. The molecule has 0 saturated carbocycles. The van der Waals surface area contributed by atoms with E-state index in [2.05, 4.69) is 15.9 Å². The first-order chi connectivity index (χ1) is 9.61. The highest BCUT2D eigenvalue weighted by molar-refractivity contribution is 9.10. The summed E-state index contributed by atoms with van der Waals surface area (Å²) in [6.45, 7) is 0.423. The molecule has 1 aliphatic heterocycles. The molecule has 0 unspecified atom stereocenters. The van der Waals surface area contributed by atoms with Crippen LogP contribution >= 0.6 is 27.5 Å². The number of carbonyl (C=O) groups excluding carboxylic acids is 2. The van der Waals surface area contributed by atoms with Crippen molar-refractivity contribution in [1.82, 2.24) is 0 Å². The van der Waals surface area contributed by atoms with Crippen LogP contribution in [0, 0.1) is 0 Å². The molecule has 100 valence electrons. The highest BCUT2D eigenvalue weighted by Gasteiger charge is 2.30. The van der Waals surface area contributed by atoms with Crippen LogP contribution in [0.5, 0.6) is 0 Å². The van der Waals surface area contributed by atoms with Crippen molar-refractivity contribution in [2.24, 2.45) is 0 Å². The fourth-order valence-electron chi connectivity index (χ4n) is 2.31. The smallest absolute Gasteiger partial charge is 0.258 e. The van der Waals surface area contributed by atoms with Gasteiger partial charge < -0.3 is 4.90 Å². The van der Waals surface area contributed by atoms with Gasteiger partial charge >= 0.3 is 0 Å². The number of amides is 1. The fraction of sp³-hybridized carbons (Fsp3) is 0.0667. The SMILES string of the molecule is O=Cc1ccc2c(c1)CN(c1cccc(Br)c1Cl)C2=O. The number of nitrogens with zero attached hydrogens (tertiary/aromatic N) is 1. The van der Waals surface area contributed by atoms with Crippen molar-refractivity contribution in [2.75, 3.05) is 4.90 Å². The van der Waals surface area contributed by atoms with Crippen LogP contribution < -0.4 is 4.90 Å². The zero-order valence-electron chi connectivity index (χ0n) is 10.3. The van der Waals surface area contributed by atoms with Crippen molar-refractivity contribution in [2.45, 2.75) is 6.54 Å². The number of aldehydes is 1. The van der Waals surface area contributed by atoms with E-state index in [1.165, 1.54) is 0 Å². The number of anilines is 1. The van der Waals surface area contributed by atoms with Crippen molar-refractivity contribution in [3.8, 4) is 0 Å². The zero-order chi connectivity index (χ0) is 14.3. The predicted molar refractivity (Wildman–Crippen MR) is 81.5 cm³/mol. The Kier molecular flexibility index (Phi) is 3.36. The molecule has 1 amide bonds. The first-order valence-electron chi connectivity index (χ1n) is 5.96. The van der Waals surface area contributed by atoms with Gasteiger partial charge in [-0.1, -0.05) is 23.7 Å². The van der Waals surface area contributed by atoms with Crippen LogP contribution in [-0.2, 0) is 6.54 Å². The maximum Gasteiger partial charge on any atom is 0.258 e. The minimum atomic E-state index is -0.0996. The van der Waals surface area contributed by atoms with E-state index < -0.39 is 0 Å². The van der Waals surface area contributed by atoms with E-state index in [0.29, 0.717) is 28.4 Å². The van der Waals surface area contributed by atoms with Gasteiger partial charge in [-0.25, -0.2) is 0 Å². The van der Waals surface area contributed by atoms with Crippen LogP contribution in [0.3, 0.4) is 0 Å². The van der Waals surface area contributed by atoms with Gasteiger partial charge in [0.2, 0.25) is 0 Å². The van der Waals surface area contributed by atoms with Crippen LogP contribution in [-0.4, -0.2) is 12.2 Å². The molecule has 0 saturated heterocycles. The quantitative estimate of drug-likeness (QED) is 0.766. The Bertz CT molecular complexity index is 730. The number of hydrogen-bond donors (Lipinski definition) is 0. The lowest BCUT2D eigenvalue weighted by Crippen LogP contribution is -2.23. The fourth-order valence-corrected chi connectivity index (χ4v) is 2.89. The minimum Gasteiger partial charge on any atom is -0.302 e. The largest absolute Gasteiger partial charge is 0.302 e. The van der Waals surface area contributed by atoms with E-state index >= 15 is 0 Å².